The minimum Gasteiger partial charge on any atom is -0.384 e. The van der Waals surface area contributed by atoms with Gasteiger partial charge in [0.05, 0.1) is 18.8 Å². The molecule has 0 aliphatic carbocycles. The van der Waals surface area contributed by atoms with E-state index in [1.54, 1.807) is 7.11 Å². The second-order valence-electron chi connectivity index (χ2n) is 5.31. The quantitative estimate of drug-likeness (QED) is 0.816. The van der Waals surface area contributed by atoms with Crippen LogP contribution in [0.4, 0.5) is 0 Å². The van der Waals surface area contributed by atoms with Gasteiger partial charge in [-0.25, -0.2) is 5.10 Å². The Morgan fingerprint density at radius 3 is 2.89 bits per heavy atom. The van der Waals surface area contributed by atoms with E-state index in [-0.39, 0.29) is 0 Å². The van der Waals surface area contributed by atoms with Gasteiger partial charge in [-0.05, 0) is 42.0 Å². The van der Waals surface area contributed by atoms with E-state index in [0.717, 1.165) is 25.3 Å². The summed E-state index contributed by atoms with van der Waals surface area (Å²) in [6.45, 7) is 0.829. The lowest BCUT2D eigenvalue weighted by Crippen LogP contribution is -2.30. The van der Waals surface area contributed by atoms with Crippen molar-refractivity contribution >= 4 is 0 Å². The van der Waals surface area contributed by atoms with Crippen molar-refractivity contribution in [2.75, 3.05) is 13.7 Å². The van der Waals surface area contributed by atoms with Crippen molar-refractivity contribution < 1.29 is 9.47 Å². The molecule has 0 spiro atoms. The molecule has 2 bridgehead atoms. The van der Waals surface area contributed by atoms with E-state index in [2.05, 4.69) is 20.6 Å². The molecule has 1 N–H and O–H groups in total. The molecule has 1 aromatic heterocycles. The van der Waals surface area contributed by atoms with Crippen LogP contribution in [0.3, 0.4) is 0 Å². The van der Waals surface area contributed by atoms with Gasteiger partial charge in [0.1, 0.15) is 5.82 Å². The molecule has 0 amide bonds. The summed E-state index contributed by atoms with van der Waals surface area (Å²) in [7, 11) is 1.78. The number of fused-ring (bicyclic) bond motifs is 2. The predicted molar refractivity (Wildman–Crippen MR) is 63.9 cm³/mol. The Bertz CT molecular complexity index is 370. The van der Waals surface area contributed by atoms with Crippen LogP contribution in [-0.4, -0.2) is 46.5 Å². The van der Waals surface area contributed by atoms with E-state index >= 15 is 0 Å². The van der Waals surface area contributed by atoms with Gasteiger partial charge < -0.3 is 9.47 Å². The van der Waals surface area contributed by atoms with Gasteiger partial charge in [-0.1, -0.05) is 0 Å². The lowest BCUT2D eigenvalue weighted by molar-refractivity contribution is 0.0684. The van der Waals surface area contributed by atoms with E-state index in [9.17, 15) is 0 Å². The van der Waals surface area contributed by atoms with Crippen molar-refractivity contribution in [1.29, 1.82) is 0 Å². The number of rotatable bonds is 6. The third kappa shape index (κ3) is 2.27. The molecule has 0 radical (unpaired) electrons. The highest BCUT2D eigenvalue weighted by molar-refractivity contribution is 4.96. The molecule has 2 aliphatic rings. The van der Waals surface area contributed by atoms with Gasteiger partial charge in [0, 0.05) is 19.4 Å². The summed E-state index contributed by atoms with van der Waals surface area (Å²) < 4.78 is 11.4. The van der Waals surface area contributed by atoms with Gasteiger partial charge in [-0.3, -0.25) is 0 Å². The normalized spacial score (nSPS) is 34.3. The number of hydrogen-bond donors (Lipinski definition) is 1. The van der Waals surface area contributed by atoms with Crippen LogP contribution in [0, 0.1) is 11.8 Å². The van der Waals surface area contributed by atoms with Crippen molar-refractivity contribution in [2.24, 2.45) is 11.8 Å². The fourth-order valence-electron chi connectivity index (χ4n) is 3.48. The number of tetrazole rings is 1. The smallest absolute Gasteiger partial charge is 0.148 e. The van der Waals surface area contributed by atoms with Crippen LogP contribution in [0.2, 0.25) is 0 Å². The number of methoxy groups -OCH3 is 1. The lowest BCUT2D eigenvalue weighted by atomic mass is 9.77. The number of nitrogens with one attached hydrogen (secondary N) is 1. The molecular formula is C12H20N4O2. The van der Waals surface area contributed by atoms with Gasteiger partial charge in [0.25, 0.3) is 0 Å². The average Bonchev–Trinajstić information content (AvgIpc) is 3.07. The molecule has 18 heavy (non-hydrogen) atoms. The Morgan fingerprint density at radius 2 is 2.17 bits per heavy atom. The molecule has 3 rings (SSSR count). The number of aryl methyl sites for hydroxylation is 1. The van der Waals surface area contributed by atoms with Crippen molar-refractivity contribution in [3.8, 4) is 0 Å². The molecule has 4 atom stereocenters. The lowest BCUT2D eigenvalue weighted by Gasteiger charge is -2.27. The Kier molecular flexibility index (Phi) is 3.56. The maximum absolute atomic E-state index is 6.01. The van der Waals surface area contributed by atoms with Gasteiger partial charge in [0.2, 0.25) is 0 Å². The fraction of sp³-hybridized carbons (Fsp3) is 0.917. The van der Waals surface area contributed by atoms with Crippen LogP contribution in [-0.2, 0) is 15.9 Å². The summed E-state index contributed by atoms with van der Waals surface area (Å²) in [5, 5.41) is 13.9. The zero-order valence-corrected chi connectivity index (χ0v) is 10.7. The number of aromatic nitrogens is 4. The fourth-order valence-corrected chi connectivity index (χ4v) is 3.48. The SMILES string of the molecule is COC[C@H]1[C@@H](CCCc2nnn[nH]2)[C@H]2CC[C@@H]1O2. The third-order valence-corrected chi connectivity index (χ3v) is 4.29. The Balaban J connectivity index is 1.51. The number of nitrogens with zero attached hydrogens (tertiary/aromatic N) is 3. The summed E-state index contributed by atoms with van der Waals surface area (Å²) >= 11 is 0. The van der Waals surface area contributed by atoms with Gasteiger partial charge >= 0.3 is 0 Å². The summed E-state index contributed by atoms with van der Waals surface area (Å²) in [6.07, 6.45) is 6.53. The van der Waals surface area contributed by atoms with Crippen molar-refractivity contribution in [2.45, 2.75) is 44.3 Å². The van der Waals surface area contributed by atoms with E-state index in [0.29, 0.717) is 24.0 Å². The first-order chi connectivity index (χ1) is 8.88. The maximum atomic E-state index is 6.01. The first-order valence-electron chi connectivity index (χ1n) is 6.75. The Labute approximate surface area is 106 Å². The predicted octanol–water partition coefficient (Wildman–Crippen LogP) is 0.962. The molecule has 6 heteroatoms. The minimum atomic E-state index is 0.437. The average molecular weight is 252 g/mol. The van der Waals surface area contributed by atoms with E-state index in [4.69, 9.17) is 9.47 Å². The van der Waals surface area contributed by atoms with Gasteiger partial charge in [-0.15, -0.1) is 5.10 Å². The molecule has 2 saturated heterocycles. The molecule has 100 valence electrons. The zero-order chi connectivity index (χ0) is 12.4. The van der Waals surface area contributed by atoms with Crippen LogP contribution in [0.15, 0.2) is 0 Å². The molecule has 2 aliphatic heterocycles. The second kappa shape index (κ2) is 5.32. The number of hydrogen-bond acceptors (Lipinski definition) is 5. The first kappa shape index (κ1) is 12.0. The molecule has 2 fully saturated rings. The van der Waals surface area contributed by atoms with E-state index in [1.165, 1.54) is 19.3 Å². The molecule has 0 unspecified atom stereocenters. The highest BCUT2D eigenvalue weighted by Gasteiger charge is 2.48. The maximum Gasteiger partial charge on any atom is 0.148 e. The number of aromatic amines is 1. The summed E-state index contributed by atoms with van der Waals surface area (Å²) in [5.74, 6) is 2.11. The molecule has 0 saturated carbocycles. The number of H-pyrrole nitrogens is 1. The number of ether oxygens (including phenoxy) is 2. The summed E-state index contributed by atoms with van der Waals surface area (Å²) in [6, 6.07) is 0. The van der Waals surface area contributed by atoms with Crippen LogP contribution in [0.25, 0.3) is 0 Å². The molecule has 0 aromatic carbocycles. The second-order valence-corrected chi connectivity index (χ2v) is 5.31. The topological polar surface area (TPSA) is 72.9 Å². The van der Waals surface area contributed by atoms with Crippen molar-refractivity contribution in [3.63, 3.8) is 0 Å². The zero-order valence-electron chi connectivity index (χ0n) is 10.7. The molecule has 1 aromatic rings. The van der Waals surface area contributed by atoms with Gasteiger partial charge in [0.15, 0.2) is 0 Å². The third-order valence-electron chi connectivity index (χ3n) is 4.29. The molecule has 6 nitrogen and oxygen atoms in total. The summed E-state index contributed by atoms with van der Waals surface area (Å²) in [5.41, 5.74) is 0. The van der Waals surface area contributed by atoms with Crippen molar-refractivity contribution in [1.82, 2.24) is 20.6 Å². The van der Waals surface area contributed by atoms with Crippen molar-refractivity contribution in [3.05, 3.63) is 5.82 Å². The highest BCUT2D eigenvalue weighted by atomic mass is 16.5. The van der Waals surface area contributed by atoms with Crippen LogP contribution in [0.1, 0.15) is 31.5 Å². The standard InChI is InChI=1S/C12H20N4O2/c1-17-7-9-8(10-5-6-11(9)18-10)3-2-4-12-13-15-16-14-12/h8-11H,2-7H2,1H3,(H,13,14,15,16)/t8-,9+,10-,11+/m1/s1. The largest absolute Gasteiger partial charge is 0.384 e. The van der Waals surface area contributed by atoms with Crippen LogP contribution >= 0.6 is 0 Å². The molecule has 3 heterocycles. The molecular weight excluding hydrogens is 232 g/mol. The minimum absolute atomic E-state index is 0.437. The van der Waals surface area contributed by atoms with Crippen LogP contribution in [0.5, 0.6) is 0 Å². The Hall–Kier alpha value is -1.01. The monoisotopic (exact) mass is 252 g/mol. The van der Waals surface area contributed by atoms with E-state index in [1.807, 2.05) is 0 Å². The first-order valence-corrected chi connectivity index (χ1v) is 6.75. The highest BCUT2D eigenvalue weighted by Crippen LogP contribution is 2.45. The van der Waals surface area contributed by atoms with E-state index < -0.39 is 0 Å². The van der Waals surface area contributed by atoms with Gasteiger partial charge in [-0.2, -0.15) is 0 Å². The Morgan fingerprint density at radius 1 is 1.33 bits per heavy atom. The van der Waals surface area contributed by atoms with Crippen LogP contribution < -0.4 is 0 Å². The summed E-state index contributed by atoms with van der Waals surface area (Å²) in [4.78, 5) is 0.